The summed E-state index contributed by atoms with van der Waals surface area (Å²) in [5.41, 5.74) is 3.09. The number of carbonyl (C=O) groups is 4. The minimum Gasteiger partial charge on any atom is -0.475 e. The number of likely N-dealkylation sites (tertiary alicyclic amines) is 2. The molecule has 2 aliphatic rings. The molecule has 52 heavy (non-hydrogen) atoms. The Labute approximate surface area is 285 Å². The molecule has 4 rings (SSSR count). The summed E-state index contributed by atoms with van der Waals surface area (Å²) in [5.74, 6) is -11.0. The molecule has 0 aliphatic carbocycles. The van der Waals surface area contributed by atoms with Crippen molar-refractivity contribution in [2.75, 3.05) is 19.6 Å². The van der Waals surface area contributed by atoms with Gasteiger partial charge in [0.1, 0.15) is 0 Å². The lowest BCUT2D eigenvalue weighted by molar-refractivity contribution is -0.193. The fourth-order valence-electron chi connectivity index (χ4n) is 4.40. The molecule has 2 aromatic heterocycles. The summed E-state index contributed by atoms with van der Waals surface area (Å²) in [6.45, 7) is 5.71. The molecule has 2 aromatic rings. The number of nitrogens with zero attached hydrogens (tertiary/aromatic N) is 4. The second-order valence-corrected chi connectivity index (χ2v) is 10.5. The van der Waals surface area contributed by atoms with E-state index < -0.39 is 48.6 Å². The van der Waals surface area contributed by atoms with Crippen LogP contribution in [0.1, 0.15) is 36.8 Å². The van der Waals surface area contributed by atoms with E-state index in [1.54, 1.807) is 0 Å². The van der Waals surface area contributed by atoms with E-state index in [0.29, 0.717) is 5.54 Å². The third kappa shape index (κ3) is 19.0. The van der Waals surface area contributed by atoms with E-state index in [4.69, 9.17) is 39.6 Å². The van der Waals surface area contributed by atoms with Crippen molar-refractivity contribution in [3.63, 3.8) is 0 Å². The number of aromatic nitrogens is 2. The minimum atomic E-state index is -5.08. The fraction of sp³-hybridized carbons (Fsp3) is 0.500. The van der Waals surface area contributed by atoms with Gasteiger partial charge in [-0.25, -0.2) is 19.2 Å². The van der Waals surface area contributed by atoms with Crippen LogP contribution >= 0.6 is 0 Å². The molecule has 294 valence electrons. The Balaban J connectivity index is 0.000000764. The number of carboxylic acids is 4. The standard InChI is InChI=1S/C20H26N4.4C2HF3O2/c1-4-18(14-21-9-1)16-23-12-7-20(8-13-23)6-3-11-24(20)17-19-5-2-10-22-15-19;4*3-2(4,5)1(6)7/h1-2,4-5,9-10,14-15H,3,6-8,11-13,16-17H2;4*(H,6,7). The molecule has 0 radical (unpaired) electrons. The SMILES string of the molecule is O=C(O)C(F)(F)F.O=C(O)C(F)(F)F.O=C(O)C(F)(F)F.O=C(O)C(F)(F)F.c1cncc(CN2CCC3(CCCN3Cc3cccnc3)CC2)c1. The van der Waals surface area contributed by atoms with E-state index in [9.17, 15) is 52.7 Å². The van der Waals surface area contributed by atoms with Crippen molar-refractivity contribution in [1.82, 2.24) is 19.8 Å². The molecule has 0 bridgehead atoms. The van der Waals surface area contributed by atoms with Gasteiger partial charge in [-0.15, -0.1) is 0 Å². The number of alkyl halides is 12. The Kier molecular flexibility index (Phi) is 18.5. The van der Waals surface area contributed by atoms with Crippen molar-refractivity contribution >= 4 is 23.9 Å². The van der Waals surface area contributed by atoms with Gasteiger partial charge in [0.25, 0.3) is 0 Å². The number of carboxylic acid groups (broad SMARTS) is 4. The largest absolute Gasteiger partial charge is 0.490 e. The summed E-state index contributed by atoms with van der Waals surface area (Å²) in [5, 5.41) is 28.5. The van der Waals surface area contributed by atoms with E-state index in [1.807, 2.05) is 30.9 Å². The second-order valence-electron chi connectivity index (χ2n) is 10.5. The zero-order valence-electron chi connectivity index (χ0n) is 26.2. The summed E-state index contributed by atoms with van der Waals surface area (Å²) >= 11 is 0. The first kappa shape index (κ1) is 47.3. The van der Waals surface area contributed by atoms with Crippen LogP contribution < -0.4 is 0 Å². The average Bonchev–Trinajstić information content (AvgIpc) is 3.39. The number of aliphatic carboxylic acids is 4. The van der Waals surface area contributed by atoms with Gasteiger partial charge in [0.15, 0.2) is 0 Å². The lowest BCUT2D eigenvalue weighted by Gasteiger charge is -2.45. The molecule has 4 heterocycles. The number of rotatable bonds is 4. The van der Waals surface area contributed by atoms with Crippen molar-refractivity contribution < 1.29 is 92.3 Å². The Morgan fingerprint density at radius 1 is 0.577 bits per heavy atom. The van der Waals surface area contributed by atoms with E-state index in [0.717, 1.165) is 13.1 Å². The monoisotopic (exact) mass is 778 g/mol. The summed E-state index contributed by atoms with van der Waals surface area (Å²) in [7, 11) is 0. The average molecular weight is 779 g/mol. The summed E-state index contributed by atoms with van der Waals surface area (Å²) in [6, 6.07) is 8.47. The maximum atomic E-state index is 10.6. The van der Waals surface area contributed by atoms with Crippen molar-refractivity contribution in [3.8, 4) is 0 Å². The van der Waals surface area contributed by atoms with Gasteiger partial charge in [-0.3, -0.25) is 19.8 Å². The maximum Gasteiger partial charge on any atom is 0.490 e. The number of pyridine rings is 2. The highest BCUT2D eigenvalue weighted by Gasteiger charge is 2.43. The lowest BCUT2D eigenvalue weighted by atomic mass is 9.84. The summed E-state index contributed by atoms with van der Waals surface area (Å²) < 4.78 is 127. The molecule has 0 unspecified atom stereocenters. The normalized spacial score (nSPS) is 15.9. The molecule has 0 saturated carbocycles. The molecule has 2 aliphatic heterocycles. The fourth-order valence-corrected chi connectivity index (χ4v) is 4.40. The van der Waals surface area contributed by atoms with Crippen LogP contribution in [0, 0.1) is 0 Å². The number of halogens is 12. The highest BCUT2D eigenvalue weighted by Crippen LogP contribution is 2.39. The van der Waals surface area contributed by atoms with Gasteiger partial charge in [-0.05, 0) is 55.5 Å². The van der Waals surface area contributed by atoms with E-state index >= 15 is 0 Å². The van der Waals surface area contributed by atoms with Crippen LogP contribution in [0.25, 0.3) is 0 Å². The molecular weight excluding hydrogens is 748 g/mol. The smallest absolute Gasteiger partial charge is 0.475 e. The summed E-state index contributed by atoms with van der Waals surface area (Å²) in [4.78, 5) is 49.4. The Bertz CT molecular complexity index is 1300. The predicted octanol–water partition coefficient (Wildman–Crippen LogP) is 5.64. The molecule has 2 fully saturated rings. The number of hydrogen-bond acceptors (Lipinski definition) is 8. The van der Waals surface area contributed by atoms with E-state index in [2.05, 4.69) is 38.0 Å². The predicted molar refractivity (Wildman–Crippen MR) is 150 cm³/mol. The maximum absolute atomic E-state index is 10.6. The molecule has 24 heteroatoms. The third-order valence-corrected chi connectivity index (χ3v) is 6.72. The van der Waals surface area contributed by atoms with Crippen LogP contribution in [-0.4, -0.2) is 114 Å². The van der Waals surface area contributed by atoms with Crippen molar-refractivity contribution in [3.05, 3.63) is 60.2 Å². The van der Waals surface area contributed by atoms with Crippen molar-refractivity contribution in [2.24, 2.45) is 0 Å². The van der Waals surface area contributed by atoms with Crippen molar-refractivity contribution in [1.29, 1.82) is 0 Å². The molecule has 1 spiro atoms. The van der Waals surface area contributed by atoms with Crippen LogP contribution in [0.4, 0.5) is 52.7 Å². The van der Waals surface area contributed by atoms with Crippen LogP contribution in [-0.2, 0) is 32.3 Å². The Morgan fingerprint density at radius 3 is 1.19 bits per heavy atom. The number of piperidine rings is 1. The van der Waals surface area contributed by atoms with E-state index in [1.165, 1.54) is 56.4 Å². The van der Waals surface area contributed by atoms with Gasteiger partial charge >= 0.3 is 48.6 Å². The lowest BCUT2D eigenvalue weighted by Crippen LogP contribution is -2.51. The first-order valence-corrected chi connectivity index (χ1v) is 14.1. The van der Waals surface area contributed by atoms with Crippen LogP contribution in [0.2, 0.25) is 0 Å². The van der Waals surface area contributed by atoms with Gasteiger partial charge in [0.05, 0.1) is 0 Å². The van der Waals surface area contributed by atoms with Gasteiger partial charge in [-0.2, -0.15) is 52.7 Å². The summed E-state index contributed by atoms with van der Waals surface area (Å²) in [6.07, 6.45) is -7.35. The van der Waals surface area contributed by atoms with Gasteiger partial charge in [0, 0.05) is 56.5 Å². The van der Waals surface area contributed by atoms with Crippen LogP contribution in [0.5, 0.6) is 0 Å². The third-order valence-electron chi connectivity index (χ3n) is 6.72. The number of hydrogen-bond donors (Lipinski definition) is 4. The topological polar surface area (TPSA) is 181 Å². The molecule has 12 nitrogen and oxygen atoms in total. The zero-order chi connectivity index (χ0) is 40.6. The second kappa shape index (κ2) is 20.3. The molecule has 4 N–H and O–H groups in total. The highest BCUT2D eigenvalue weighted by atomic mass is 19.4. The zero-order valence-corrected chi connectivity index (χ0v) is 26.2. The quantitative estimate of drug-likeness (QED) is 0.281. The Morgan fingerprint density at radius 2 is 0.904 bits per heavy atom. The van der Waals surface area contributed by atoms with Crippen LogP contribution in [0.15, 0.2) is 49.1 Å². The first-order chi connectivity index (χ1) is 23.6. The molecule has 0 atom stereocenters. The van der Waals surface area contributed by atoms with E-state index in [-0.39, 0.29) is 0 Å². The van der Waals surface area contributed by atoms with Crippen LogP contribution in [0.3, 0.4) is 0 Å². The Hall–Kier alpha value is -4.74. The van der Waals surface area contributed by atoms with Gasteiger partial charge in [-0.1, -0.05) is 12.1 Å². The van der Waals surface area contributed by atoms with Gasteiger partial charge < -0.3 is 20.4 Å². The molecular formula is C28H30F12N4O8. The van der Waals surface area contributed by atoms with Gasteiger partial charge in [0.2, 0.25) is 0 Å². The molecule has 2 saturated heterocycles. The minimum absolute atomic E-state index is 0.418. The molecule has 0 amide bonds. The van der Waals surface area contributed by atoms with Crippen molar-refractivity contribution in [2.45, 2.75) is 69.0 Å². The first-order valence-electron chi connectivity index (χ1n) is 14.1. The highest BCUT2D eigenvalue weighted by molar-refractivity contribution is 5.74. The molecule has 0 aromatic carbocycles.